The maximum atomic E-state index is 14.7. The first-order valence-electron chi connectivity index (χ1n) is 26.1. The third kappa shape index (κ3) is 20.7. The average Bonchev–Trinajstić information content (AvgIpc) is 3.86. The van der Waals surface area contributed by atoms with Gasteiger partial charge in [-0.1, -0.05) is 84.0 Å². The van der Waals surface area contributed by atoms with Crippen LogP contribution in [0.15, 0.2) is 54.6 Å². The maximum absolute atomic E-state index is 14.7. The molecule has 2 aromatic carbocycles. The van der Waals surface area contributed by atoms with Crippen LogP contribution in [0, 0.1) is 17.8 Å². The van der Waals surface area contributed by atoms with Gasteiger partial charge in [0.25, 0.3) is 0 Å². The van der Waals surface area contributed by atoms with E-state index in [4.69, 9.17) is 17.2 Å². The van der Waals surface area contributed by atoms with Crippen LogP contribution in [-0.4, -0.2) is 153 Å². The Morgan fingerprint density at radius 3 is 1.70 bits per heavy atom. The molecule has 0 bridgehead atoms. The van der Waals surface area contributed by atoms with Crippen LogP contribution < -0.4 is 54.4 Å². The number of aliphatic hydroxyl groups excluding tert-OH is 1. The van der Waals surface area contributed by atoms with Crippen LogP contribution in [0.5, 0.6) is 5.75 Å². The predicted molar refractivity (Wildman–Crippen MR) is 283 cm³/mol. The van der Waals surface area contributed by atoms with Gasteiger partial charge in [0.05, 0.1) is 18.6 Å². The summed E-state index contributed by atoms with van der Waals surface area (Å²) < 4.78 is 0. The van der Waals surface area contributed by atoms with Gasteiger partial charge in [0, 0.05) is 19.4 Å². The Morgan fingerprint density at radius 2 is 1.14 bits per heavy atom. The summed E-state index contributed by atoms with van der Waals surface area (Å²) in [6, 6.07) is 2.72. The number of benzene rings is 2. The van der Waals surface area contributed by atoms with E-state index in [1.165, 1.54) is 24.0 Å². The van der Waals surface area contributed by atoms with Crippen molar-refractivity contribution in [2.45, 2.75) is 167 Å². The Morgan fingerprint density at radius 1 is 0.623 bits per heavy atom. The fourth-order valence-corrected chi connectivity index (χ4v) is 8.69. The fourth-order valence-electron chi connectivity index (χ4n) is 8.69. The zero-order valence-electron chi connectivity index (χ0n) is 45.1. The number of aliphatic hydroxyl groups is 1. The van der Waals surface area contributed by atoms with Gasteiger partial charge in [-0.3, -0.25) is 43.2 Å². The summed E-state index contributed by atoms with van der Waals surface area (Å²) in [6.07, 6.45) is -0.668. The third-order valence-corrected chi connectivity index (χ3v) is 13.0. The molecule has 2 aromatic rings. The summed E-state index contributed by atoms with van der Waals surface area (Å²) in [5, 5.41) is 48.5. The number of carbonyl (C=O) groups excluding carboxylic acids is 9. The molecule has 77 heavy (non-hydrogen) atoms. The van der Waals surface area contributed by atoms with Crippen LogP contribution in [0.1, 0.15) is 105 Å². The highest BCUT2D eigenvalue weighted by Crippen LogP contribution is 2.22. The van der Waals surface area contributed by atoms with Crippen LogP contribution in [0.3, 0.4) is 0 Å². The number of nitrogens with two attached hydrogens (primary N) is 3. The summed E-state index contributed by atoms with van der Waals surface area (Å²) in [5.41, 5.74) is 18.0. The highest BCUT2D eigenvalue weighted by Gasteiger charge is 2.41. The number of nitrogens with one attached hydrogen (secondary N) is 7. The Kier molecular flexibility index (Phi) is 25.9. The lowest BCUT2D eigenvalue weighted by molar-refractivity contribution is -0.144. The fraction of sp³-hybridized carbons (Fsp3) is 0.585. The molecule has 1 heterocycles. The molecule has 0 radical (unpaired) electrons. The van der Waals surface area contributed by atoms with Crippen molar-refractivity contribution in [3.63, 3.8) is 0 Å². The number of phenolic OH excluding ortho intramolecular Hbond substituents is 1. The van der Waals surface area contributed by atoms with Gasteiger partial charge in [-0.25, -0.2) is 4.79 Å². The predicted octanol–water partition coefficient (Wildman–Crippen LogP) is -1.28. The zero-order chi connectivity index (χ0) is 57.7. The lowest BCUT2D eigenvalue weighted by atomic mass is 9.99. The number of carboxylic acid groups (broad SMARTS) is 1. The minimum absolute atomic E-state index is 0.0242. The van der Waals surface area contributed by atoms with Crippen molar-refractivity contribution in [3.8, 4) is 5.75 Å². The van der Waals surface area contributed by atoms with Crippen molar-refractivity contribution in [2.75, 3.05) is 13.1 Å². The topological polar surface area (TPSA) is 397 Å². The first-order valence-corrected chi connectivity index (χ1v) is 26.1. The van der Waals surface area contributed by atoms with E-state index in [-0.39, 0.29) is 56.9 Å². The molecule has 0 saturated carbocycles. The summed E-state index contributed by atoms with van der Waals surface area (Å²) >= 11 is 0. The number of unbranched alkanes of at least 4 members (excludes halogenated alkanes) is 1. The lowest BCUT2D eigenvalue weighted by Gasteiger charge is -2.31. The molecule has 0 spiro atoms. The van der Waals surface area contributed by atoms with Crippen LogP contribution in [-0.2, 0) is 60.8 Å². The number of nitrogens with zero attached hydrogens (tertiary/aromatic N) is 1. The van der Waals surface area contributed by atoms with Gasteiger partial charge in [-0.2, -0.15) is 0 Å². The molecule has 24 heteroatoms. The van der Waals surface area contributed by atoms with E-state index in [1.54, 1.807) is 70.2 Å². The maximum Gasteiger partial charge on any atom is 0.326 e. The van der Waals surface area contributed by atoms with E-state index in [0.29, 0.717) is 30.4 Å². The first kappa shape index (κ1) is 64.1. The molecule has 1 aliphatic heterocycles. The van der Waals surface area contributed by atoms with Crippen molar-refractivity contribution < 1.29 is 63.3 Å². The molecule has 1 aliphatic rings. The van der Waals surface area contributed by atoms with Crippen molar-refractivity contribution in [1.29, 1.82) is 0 Å². The number of hydrogen-bond donors (Lipinski definition) is 13. The number of likely N-dealkylation sites (tertiary alicyclic amines) is 1. The number of aromatic hydroxyl groups is 1. The van der Waals surface area contributed by atoms with Crippen molar-refractivity contribution in [2.24, 2.45) is 35.0 Å². The Hall–Kier alpha value is -7.18. The van der Waals surface area contributed by atoms with E-state index in [0.717, 1.165) is 0 Å². The van der Waals surface area contributed by atoms with E-state index in [1.807, 2.05) is 13.8 Å². The Labute approximate surface area is 449 Å². The van der Waals surface area contributed by atoms with E-state index < -0.39 is 138 Å². The summed E-state index contributed by atoms with van der Waals surface area (Å²) in [6.45, 7) is 11.6. The van der Waals surface area contributed by atoms with Gasteiger partial charge in [0.15, 0.2) is 0 Å². The van der Waals surface area contributed by atoms with Crippen molar-refractivity contribution in [3.05, 3.63) is 65.7 Å². The molecule has 10 atom stereocenters. The summed E-state index contributed by atoms with van der Waals surface area (Å²) in [5.74, 6) is -9.83. The molecule has 1 saturated heterocycles. The largest absolute Gasteiger partial charge is 0.508 e. The minimum atomic E-state index is -1.61. The summed E-state index contributed by atoms with van der Waals surface area (Å²) in [7, 11) is 0. The third-order valence-electron chi connectivity index (χ3n) is 13.0. The monoisotopic (exact) mass is 1080 g/mol. The van der Waals surface area contributed by atoms with Gasteiger partial charge < -0.3 is 74.6 Å². The molecular weight excluding hydrogens is 999 g/mol. The van der Waals surface area contributed by atoms with E-state index >= 15 is 0 Å². The number of primary amides is 1. The van der Waals surface area contributed by atoms with Crippen molar-refractivity contribution >= 4 is 59.1 Å². The summed E-state index contributed by atoms with van der Waals surface area (Å²) in [4.78, 5) is 137. The highest BCUT2D eigenvalue weighted by molar-refractivity contribution is 5.99. The molecule has 426 valence electrons. The first-order chi connectivity index (χ1) is 36.2. The highest BCUT2D eigenvalue weighted by atomic mass is 16.4. The van der Waals surface area contributed by atoms with Crippen LogP contribution in [0.4, 0.5) is 0 Å². The van der Waals surface area contributed by atoms with Gasteiger partial charge in [0.2, 0.25) is 53.2 Å². The van der Waals surface area contributed by atoms with Gasteiger partial charge in [-0.15, -0.1) is 0 Å². The molecule has 0 aromatic heterocycles. The normalized spacial score (nSPS) is 16.8. The molecule has 9 amide bonds. The Bertz CT molecular complexity index is 2330. The smallest absolute Gasteiger partial charge is 0.326 e. The molecule has 24 nitrogen and oxygen atoms in total. The number of hydrogen-bond acceptors (Lipinski definition) is 14. The molecule has 16 N–H and O–H groups in total. The van der Waals surface area contributed by atoms with Crippen molar-refractivity contribution in [1.82, 2.24) is 42.1 Å². The molecule has 1 fully saturated rings. The lowest BCUT2D eigenvalue weighted by Crippen LogP contribution is -2.62. The van der Waals surface area contributed by atoms with E-state index in [9.17, 15) is 63.3 Å². The number of phenols is 1. The minimum Gasteiger partial charge on any atom is -0.508 e. The molecule has 0 unspecified atom stereocenters. The number of carboxylic acids is 1. The van der Waals surface area contributed by atoms with Gasteiger partial charge >= 0.3 is 5.97 Å². The van der Waals surface area contributed by atoms with E-state index in [2.05, 4.69) is 37.2 Å². The SMILES string of the molecule is CC(C)C[C@H](NC(=O)[C@@H](N)CC(N)=O)C(=O)N[C@@H](Cc1ccc(O)cc1)C(=O)N1CCC[C@H]1C(=O)N[C@@H](Cc1ccccc1)C(=O)N[C@H](C(=O)N[C@@H](CCCCN)C(=O)N[C@H](C(=O)N[C@H](C(=O)O)C(C)C)[C@@H](C)O)C(C)C. The standard InChI is InChI=1S/C53H81N11O13/c1-28(2)24-37(58-45(68)35(55)27-41(56)67)47(70)60-39(26-33-18-20-34(66)21-19-33)52(75)64-23-13-17-40(64)49(72)59-38(25-32-14-9-8-10-15-32)48(71)61-42(29(3)4)50(73)57-36(16-11-12-22-54)46(69)63-44(31(7)65)51(74)62-43(30(5)6)53(76)77/h8-10,14-15,18-21,28-31,35-40,42-44,65-66H,11-13,16-17,22-27,54-55H2,1-7H3,(H2,56,67)(H,57,73)(H,58,68)(H,59,72)(H,60,70)(H,61,71)(H,62,74)(H,63,69)(H,76,77)/t31-,35+,36+,37+,38+,39+,40+,42+,43+,44+/m1/s1. The molecule has 0 aliphatic carbocycles. The number of aliphatic carboxylic acids is 1. The number of carbonyl (C=O) groups is 10. The number of amides is 9. The quantitative estimate of drug-likeness (QED) is 0.0391. The second-order valence-corrected chi connectivity index (χ2v) is 20.7. The Balaban J connectivity index is 1.93. The number of rotatable bonds is 31. The zero-order valence-corrected chi connectivity index (χ0v) is 45.1. The van der Waals surface area contributed by atoms with Gasteiger partial charge in [0.1, 0.15) is 54.1 Å². The van der Waals surface area contributed by atoms with Crippen LogP contribution >= 0.6 is 0 Å². The van der Waals surface area contributed by atoms with Crippen LogP contribution in [0.2, 0.25) is 0 Å². The average molecular weight is 1080 g/mol. The van der Waals surface area contributed by atoms with Crippen LogP contribution in [0.25, 0.3) is 0 Å². The molecular formula is C53H81N11O13. The second-order valence-electron chi connectivity index (χ2n) is 20.7. The van der Waals surface area contributed by atoms with Gasteiger partial charge in [-0.05, 0) is 93.0 Å². The second kappa shape index (κ2) is 31.1. The molecule has 3 rings (SSSR count).